The van der Waals surface area contributed by atoms with Gasteiger partial charge in [0.2, 0.25) is 0 Å². The van der Waals surface area contributed by atoms with Gasteiger partial charge in [-0.15, -0.1) is 0 Å². The first-order valence-electron chi connectivity index (χ1n) is 10.6. The summed E-state index contributed by atoms with van der Waals surface area (Å²) in [6.07, 6.45) is 1.55. The number of hydrazone groups is 1. The molecular weight excluding hydrogens is 430 g/mol. The summed E-state index contributed by atoms with van der Waals surface area (Å²) in [5.74, 6) is 1.76. The first kappa shape index (κ1) is 22.8. The van der Waals surface area contributed by atoms with Gasteiger partial charge in [-0.05, 0) is 55.5 Å². The first-order valence-corrected chi connectivity index (χ1v) is 10.6. The standard InChI is InChI=1S/C27H25N3O4/c1-17-25(33-3)14-11-19(26(17)34-4)16-28-30-27(31)22-15-24(18-9-12-20(32-2)13-10-18)29-23-8-6-5-7-21(22)23/h5-16H,1-4H3,(H,30,31)/b28-16-. The smallest absolute Gasteiger partial charge is 0.272 e. The van der Waals surface area contributed by atoms with Crippen LogP contribution in [-0.2, 0) is 0 Å². The molecule has 0 saturated carbocycles. The Bertz CT molecular complexity index is 1360. The molecule has 7 heteroatoms. The van der Waals surface area contributed by atoms with Crippen molar-refractivity contribution < 1.29 is 19.0 Å². The van der Waals surface area contributed by atoms with Crippen LogP contribution in [0.25, 0.3) is 22.2 Å². The molecule has 0 saturated heterocycles. The van der Waals surface area contributed by atoms with E-state index >= 15 is 0 Å². The Balaban J connectivity index is 1.65. The van der Waals surface area contributed by atoms with Gasteiger partial charge in [-0.3, -0.25) is 4.79 Å². The number of amides is 1. The molecule has 7 nitrogen and oxygen atoms in total. The van der Waals surface area contributed by atoms with E-state index in [4.69, 9.17) is 19.2 Å². The number of nitrogens with zero attached hydrogens (tertiary/aromatic N) is 2. The van der Waals surface area contributed by atoms with Crippen LogP contribution in [0.1, 0.15) is 21.5 Å². The average molecular weight is 456 g/mol. The summed E-state index contributed by atoms with van der Waals surface area (Å²) in [5, 5.41) is 4.91. The molecule has 34 heavy (non-hydrogen) atoms. The van der Waals surface area contributed by atoms with Gasteiger partial charge in [-0.1, -0.05) is 18.2 Å². The van der Waals surface area contributed by atoms with Crippen molar-refractivity contribution in [2.45, 2.75) is 6.92 Å². The molecule has 4 aromatic rings. The van der Waals surface area contributed by atoms with Crippen LogP contribution < -0.4 is 19.6 Å². The minimum absolute atomic E-state index is 0.339. The van der Waals surface area contributed by atoms with Crippen molar-refractivity contribution >= 4 is 23.0 Å². The van der Waals surface area contributed by atoms with Gasteiger partial charge in [0.1, 0.15) is 17.2 Å². The maximum Gasteiger partial charge on any atom is 0.272 e. The lowest BCUT2D eigenvalue weighted by Crippen LogP contribution is -2.18. The van der Waals surface area contributed by atoms with E-state index in [1.807, 2.05) is 67.6 Å². The second-order valence-electron chi connectivity index (χ2n) is 7.52. The molecular formula is C27H25N3O4. The van der Waals surface area contributed by atoms with E-state index in [2.05, 4.69) is 10.5 Å². The number of fused-ring (bicyclic) bond motifs is 1. The molecule has 0 aliphatic carbocycles. The van der Waals surface area contributed by atoms with Crippen molar-refractivity contribution in [3.05, 3.63) is 83.4 Å². The van der Waals surface area contributed by atoms with Gasteiger partial charge in [0.15, 0.2) is 0 Å². The van der Waals surface area contributed by atoms with Crippen LogP contribution >= 0.6 is 0 Å². The third-order valence-electron chi connectivity index (χ3n) is 5.53. The molecule has 0 unspecified atom stereocenters. The third-order valence-corrected chi connectivity index (χ3v) is 5.53. The van der Waals surface area contributed by atoms with Crippen LogP contribution in [-0.4, -0.2) is 38.4 Å². The topological polar surface area (TPSA) is 82.0 Å². The third kappa shape index (κ3) is 4.54. The zero-order valence-corrected chi connectivity index (χ0v) is 19.5. The Hall–Kier alpha value is -4.39. The number of hydrogen-bond acceptors (Lipinski definition) is 6. The summed E-state index contributed by atoms with van der Waals surface area (Å²) in [4.78, 5) is 17.9. The monoisotopic (exact) mass is 455 g/mol. The van der Waals surface area contributed by atoms with Gasteiger partial charge in [0.05, 0.1) is 44.3 Å². The zero-order chi connectivity index (χ0) is 24.1. The molecule has 0 aliphatic rings. The first-order chi connectivity index (χ1) is 16.5. The van der Waals surface area contributed by atoms with Gasteiger partial charge >= 0.3 is 0 Å². The molecule has 0 radical (unpaired) electrons. The number of aromatic nitrogens is 1. The molecule has 0 fully saturated rings. The molecule has 1 aromatic heterocycles. The van der Waals surface area contributed by atoms with Crippen molar-refractivity contribution in [1.82, 2.24) is 10.4 Å². The van der Waals surface area contributed by atoms with Gasteiger partial charge in [0.25, 0.3) is 5.91 Å². The van der Waals surface area contributed by atoms with E-state index < -0.39 is 0 Å². The fraction of sp³-hybridized carbons (Fsp3) is 0.148. The summed E-state index contributed by atoms with van der Waals surface area (Å²) in [7, 11) is 4.81. The van der Waals surface area contributed by atoms with Crippen molar-refractivity contribution in [3.8, 4) is 28.5 Å². The Kier molecular flexibility index (Phi) is 6.73. The van der Waals surface area contributed by atoms with E-state index in [9.17, 15) is 4.79 Å². The Morgan fingerprint density at radius 1 is 0.941 bits per heavy atom. The normalized spacial score (nSPS) is 10.9. The average Bonchev–Trinajstić information content (AvgIpc) is 2.88. The number of carbonyl (C=O) groups excluding carboxylic acids is 1. The zero-order valence-electron chi connectivity index (χ0n) is 19.5. The Morgan fingerprint density at radius 2 is 1.71 bits per heavy atom. The molecule has 1 N–H and O–H groups in total. The number of methoxy groups -OCH3 is 3. The highest BCUT2D eigenvalue weighted by Crippen LogP contribution is 2.30. The highest BCUT2D eigenvalue weighted by Gasteiger charge is 2.14. The van der Waals surface area contributed by atoms with Crippen LogP contribution in [0.5, 0.6) is 17.2 Å². The van der Waals surface area contributed by atoms with E-state index in [1.54, 1.807) is 33.6 Å². The van der Waals surface area contributed by atoms with Crippen molar-refractivity contribution in [1.29, 1.82) is 0 Å². The van der Waals surface area contributed by atoms with Crippen molar-refractivity contribution in [2.75, 3.05) is 21.3 Å². The van der Waals surface area contributed by atoms with Crippen LogP contribution in [0.2, 0.25) is 0 Å². The number of rotatable bonds is 7. The number of carbonyl (C=O) groups is 1. The lowest BCUT2D eigenvalue weighted by Gasteiger charge is -2.12. The van der Waals surface area contributed by atoms with Crippen LogP contribution in [0.15, 0.2) is 71.8 Å². The molecule has 0 spiro atoms. The summed E-state index contributed by atoms with van der Waals surface area (Å²) >= 11 is 0. The van der Waals surface area contributed by atoms with Crippen molar-refractivity contribution in [2.24, 2.45) is 5.10 Å². The van der Waals surface area contributed by atoms with Gasteiger partial charge in [-0.25, -0.2) is 10.4 Å². The van der Waals surface area contributed by atoms with E-state index in [1.165, 1.54) is 0 Å². The summed E-state index contributed by atoms with van der Waals surface area (Å²) < 4.78 is 16.1. The molecule has 1 heterocycles. The number of ether oxygens (including phenoxy) is 3. The molecule has 172 valence electrons. The Morgan fingerprint density at radius 3 is 2.41 bits per heavy atom. The van der Waals surface area contributed by atoms with E-state index in [-0.39, 0.29) is 5.91 Å². The largest absolute Gasteiger partial charge is 0.497 e. The Labute approximate surface area is 198 Å². The highest BCUT2D eigenvalue weighted by atomic mass is 16.5. The fourth-order valence-electron chi connectivity index (χ4n) is 3.78. The minimum Gasteiger partial charge on any atom is -0.497 e. The van der Waals surface area contributed by atoms with Gasteiger partial charge in [0, 0.05) is 22.1 Å². The summed E-state index contributed by atoms with van der Waals surface area (Å²) in [5.41, 5.74) is 6.96. The molecule has 3 aromatic carbocycles. The lowest BCUT2D eigenvalue weighted by atomic mass is 10.0. The predicted octanol–water partition coefficient (Wildman–Crippen LogP) is 5.00. The molecule has 0 atom stereocenters. The summed E-state index contributed by atoms with van der Waals surface area (Å²) in [6, 6.07) is 20.5. The quantitative estimate of drug-likeness (QED) is 0.313. The van der Waals surface area contributed by atoms with Gasteiger partial charge in [-0.2, -0.15) is 5.10 Å². The molecule has 0 bridgehead atoms. The maximum atomic E-state index is 13.1. The highest BCUT2D eigenvalue weighted by molar-refractivity contribution is 6.07. The second-order valence-corrected chi connectivity index (χ2v) is 7.52. The number of nitrogens with one attached hydrogen (secondary N) is 1. The second kappa shape index (κ2) is 10.0. The van der Waals surface area contributed by atoms with Crippen LogP contribution in [0.3, 0.4) is 0 Å². The van der Waals surface area contributed by atoms with Gasteiger partial charge < -0.3 is 14.2 Å². The van der Waals surface area contributed by atoms with Crippen LogP contribution in [0.4, 0.5) is 0 Å². The number of pyridine rings is 1. The lowest BCUT2D eigenvalue weighted by molar-refractivity contribution is 0.0956. The number of benzene rings is 3. The maximum absolute atomic E-state index is 13.1. The number of para-hydroxylation sites is 1. The fourth-order valence-corrected chi connectivity index (χ4v) is 3.78. The molecule has 1 amide bonds. The molecule has 0 aliphatic heterocycles. The van der Waals surface area contributed by atoms with Crippen molar-refractivity contribution in [3.63, 3.8) is 0 Å². The van der Waals surface area contributed by atoms with E-state index in [0.29, 0.717) is 22.8 Å². The predicted molar refractivity (Wildman–Crippen MR) is 133 cm³/mol. The molecule has 4 rings (SSSR count). The number of hydrogen-bond donors (Lipinski definition) is 1. The minimum atomic E-state index is -0.339. The van der Waals surface area contributed by atoms with Crippen LogP contribution in [0, 0.1) is 6.92 Å². The summed E-state index contributed by atoms with van der Waals surface area (Å²) in [6.45, 7) is 1.90. The van der Waals surface area contributed by atoms with E-state index in [0.717, 1.165) is 33.3 Å². The SMILES string of the molecule is COc1ccc(-c2cc(C(=O)N/N=C\c3ccc(OC)c(C)c3OC)c3ccccc3n2)cc1.